The summed E-state index contributed by atoms with van der Waals surface area (Å²) in [5.74, 6) is 0.597. The van der Waals surface area contributed by atoms with Crippen LogP contribution in [-0.4, -0.2) is 95.7 Å². The van der Waals surface area contributed by atoms with Crippen LogP contribution >= 0.6 is 0 Å². The first-order valence-electron chi connectivity index (χ1n) is 8.90. The Labute approximate surface area is 159 Å². The predicted octanol–water partition coefficient (Wildman–Crippen LogP) is 0.348. The maximum absolute atomic E-state index is 10.5. The van der Waals surface area contributed by atoms with Crippen molar-refractivity contribution in [2.75, 3.05) is 79.3 Å². The number of aliphatic hydroxyl groups excluding tert-OH is 1. The molecule has 1 aromatic heterocycles. The zero-order valence-corrected chi connectivity index (χ0v) is 15.5. The summed E-state index contributed by atoms with van der Waals surface area (Å²) in [6.07, 6.45) is 2.19. The van der Waals surface area contributed by atoms with Gasteiger partial charge in [-0.15, -0.1) is 0 Å². The van der Waals surface area contributed by atoms with Crippen LogP contribution in [-0.2, 0) is 23.7 Å². The summed E-state index contributed by atoms with van der Waals surface area (Å²) in [7, 11) is 0. The maximum atomic E-state index is 10.5. The van der Waals surface area contributed by atoms with Crippen molar-refractivity contribution in [3.8, 4) is 5.75 Å². The van der Waals surface area contributed by atoms with Crippen LogP contribution in [0.15, 0.2) is 18.3 Å². The van der Waals surface area contributed by atoms with Gasteiger partial charge in [0.1, 0.15) is 18.1 Å². The minimum atomic E-state index is 0.0252. The molecule has 1 N–H and O–H groups in total. The van der Waals surface area contributed by atoms with Crippen LogP contribution in [0.3, 0.4) is 0 Å². The van der Waals surface area contributed by atoms with Gasteiger partial charge in [0.05, 0.1) is 78.9 Å². The van der Waals surface area contributed by atoms with Gasteiger partial charge in [0, 0.05) is 0 Å². The van der Waals surface area contributed by atoms with E-state index in [9.17, 15) is 4.79 Å². The summed E-state index contributed by atoms with van der Waals surface area (Å²) < 4.78 is 31.9. The average Bonchev–Trinajstić information content (AvgIpc) is 2.70. The summed E-state index contributed by atoms with van der Waals surface area (Å²) in [6, 6.07) is 3.29. The molecule has 0 radical (unpaired) electrons. The first kappa shape index (κ1) is 23.4. The zero-order valence-electron chi connectivity index (χ0n) is 15.5. The first-order chi connectivity index (χ1) is 13.4. The van der Waals surface area contributed by atoms with E-state index in [1.54, 1.807) is 12.1 Å². The summed E-state index contributed by atoms with van der Waals surface area (Å²) in [5, 5.41) is 8.52. The van der Waals surface area contributed by atoms with Gasteiger partial charge in [0.25, 0.3) is 0 Å². The highest BCUT2D eigenvalue weighted by Gasteiger charge is 1.97. The molecule has 0 fully saturated rings. The van der Waals surface area contributed by atoms with Gasteiger partial charge in [0.15, 0.2) is 6.29 Å². The number of carbonyl (C=O) groups is 1. The third-order valence-electron chi connectivity index (χ3n) is 3.10. The van der Waals surface area contributed by atoms with Crippen LogP contribution in [0.5, 0.6) is 5.75 Å². The van der Waals surface area contributed by atoms with E-state index >= 15 is 0 Å². The highest BCUT2D eigenvalue weighted by Crippen LogP contribution is 2.07. The van der Waals surface area contributed by atoms with E-state index in [4.69, 9.17) is 33.5 Å². The highest BCUT2D eigenvalue weighted by molar-refractivity contribution is 5.71. The molecular formula is C18H29NO8. The molecule has 0 spiro atoms. The van der Waals surface area contributed by atoms with Crippen molar-refractivity contribution in [1.29, 1.82) is 0 Å². The number of ether oxygens (including phenoxy) is 6. The molecule has 9 heteroatoms. The predicted molar refractivity (Wildman–Crippen MR) is 96.3 cm³/mol. The molecule has 0 atom stereocenters. The van der Waals surface area contributed by atoms with Gasteiger partial charge in [0.2, 0.25) is 0 Å². The van der Waals surface area contributed by atoms with E-state index in [-0.39, 0.29) is 6.61 Å². The summed E-state index contributed by atoms with van der Waals surface area (Å²) in [5.41, 5.74) is 0.371. The monoisotopic (exact) mass is 387 g/mol. The Hall–Kier alpha value is -1.62. The molecule has 0 aliphatic carbocycles. The van der Waals surface area contributed by atoms with Crippen molar-refractivity contribution in [2.24, 2.45) is 0 Å². The SMILES string of the molecule is O=Cc1ccc(OCCOCCOCCOCCOCCOCCO)cn1. The van der Waals surface area contributed by atoms with Crippen molar-refractivity contribution in [3.63, 3.8) is 0 Å². The highest BCUT2D eigenvalue weighted by atomic mass is 16.6. The molecule has 1 aromatic rings. The maximum Gasteiger partial charge on any atom is 0.168 e. The molecule has 27 heavy (non-hydrogen) atoms. The van der Waals surface area contributed by atoms with Crippen molar-refractivity contribution in [1.82, 2.24) is 4.98 Å². The normalized spacial score (nSPS) is 10.9. The molecule has 154 valence electrons. The average molecular weight is 387 g/mol. The molecule has 0 amide bonds. The van der Waals surface area contributed by atoms with Crippen LogP contribution in [0.2, 0.25) is 0 Å². The minimum Gasteiger partial charge on any atom is -0.490 e. The lowest BCUT2D eigenvalue weighted by Crippen LogP contribution is -2.14. The van der Waals surface area contributed by atoms with Crippen LogP contribution < -0.4 is 4.74 Å². The van der Waals surface area contributed by atoms with Gasteiger partial charge >= 0.3 is 0 Å². The summed E-state index contributed by atoms with van der Waals surface area (Å²) >= 11 is 0. The van der Waals surface area contributed by atoms with Gasteiger partial charge in [-0.05, 0) is 12.1 Å². The van der Waals surface area contributed by atoms with E-state index in [1.807, 2.05) is 0 Å². The van der Waals surface area contributed by atoms with Gasteiger partial charge in [-0.25, -0.2) is 4.98 Å². The second kappa shape index (κ2) is 17.8. The zero-order chi connectivity index (χ0) is 19.4. The molecule has 0 saturated heterocycles. The summed E-state index contributed by atoms with van der Waals surface area (Å²) in [4.78, 5) is 14.4. The van der Waals surface area contributed by atoms with Crippen molar-refractivity contribution < 1.29 is 38.3 Å². The summed E-state index contributed by atoms with van der Waals surface area (Å²) in [6.45, 7) is 5.11. The standard InChI is InChI=1S/C18H29NO8/c20-3-4-22-5-6-23-7-8-24-9-10-25-11-12-26-13-14-27-18-2-1-17(16-21)19-15-18/h1-2,15-16,20H,3-14H2. The smallest absolute Gasteiger partial charge is 0.168 e. The third kappa shape index (κ3) is 14.1. The van der Waals surface area contributed by atoms with E-state index in [0.717, 1.165) is 0 Å². The molecule has 1 heterocycles. The first-order valence-corrected chi connectivity index (χ1v) is 8.90. The molecule has 0 aliphatic rings. The van der Waals surface area contributed by atoms with Gasteiger partial charge < -0.3 is 33.5 Å². The number of aromatic nitrogens is 1. The van der Waals surface area contributed by atoms with Crippen LogP contribution in [0.1, 0.15) is 10.5 Å². The van der Waals surface area contributed by atoms with Gasteiger partial charge in [-0.3, -0.25) is 4.79 Å². The Morgan fingerprint density at radius 3 is 1.63 bits per heavy atom. The molecule has 0 saturated carbocycles. The Morgan fingerprint density at radius 2 is 1.22 bits per heavy atom. The van der Waals surface area contributed by atoms with Gasteiger partial charge in [-0.1, -0.05) is 0 Å². The van der Waals surface area contributed by atoms with E-state index in [0.29, 0.717) is 90.4 Å². The topological polar surface area (TPSA) is 106 Å². The molecule has 0 aliphatic heterocycles. The van der Waals surface area contributed by atoms with Crippen LogP contribution in [0.25, 0.3) is 0 Å². The van der Waals surface area contributed by atoms with Crippen molar-refractivity contribution >= 4 is 6.29 Å². The van der Waals surface area contributed by atoms with E-state index < -0.39 is 0 Å². The lowest BCUT2D eigenvalue weighted by Gasteiger charge is -2.08. The largest absolute Gasteiger partial charge is 0.490 e. The number of nitrogens with zero attached hydrogens (tertiary/aromatic N) is 1. The Bertz CT molecular complexity index is 457. The number of aliphatic hydroxyl groups is 1. The Kier molecular flexibility index (Phi) is 15.4. The van der Waals surface area contributed by atoms with Crippen LogP contribution in [0, 0.1) is 0 Å². The number of pyridine rings is 1. The number of aldehydes is 1. The molecule has 1 rings (SSSR count). The molecule has 9 nitrogen and oxygen atoms in total. The number of rotatable bonds is 19. The fourth-order valence-electron chi connectivity index (χ4n) is 1.81. The quantitative estimate of drug-likeness (QED) is 0.266. The number of hydrogen-bond donors (Lipinski definition) is 1. The van der Waals surface area contributed by atoms with Crippen molar-refractivity contribution in [3.05, 3.63) is 24.0 Å². The van der Waals surface area contributed by atoms with Crippen LogP contribution in [0.4, 0.5) is 0 Å². The lowest BCUT2D eigenvalue weighted by atomic mass is 10.4. The fraction of sp³-hybridized carbons (Fsp3) is 0.667. The Balaban J connectivity index is 1.76. The van der Waals surface area contributed by atoms with E-state index in [2.05, 4.69) is 4.98 Å². The Morgan fingerprint density at radius 1 is 0.741 bits per heavy atom. The minimum absolute atomic E-state index is 0.0252. The molecule has 0 bridgehead atoms. The molecular weight excluding hydrogens is 358 g/mol. The molecule has 0 aromatic carbocycles. The number of carbonyl (C=O) groups excluding carboxylic acids is 1. The lowest BCUT2D eigenvalue weighted by molar-refractivity contribution is -0.0146. The second-order valence-electron chi connectivity index (χ2n) is 5.17. The number of hydrogen-bond acceptors (Lipinski definition) is 9. The fourth-order valence-corrected chi connectivity index (χ4v) is 1.81. The van der Waals surface area contributed by atoms with Crippen molar-refractivity contribution in [2.45, 2.75) is 0 Å². The van der Waals surface area contributed by atoms with Gasteiger partial charge in [-0.2, -0.15) is 0 Å². The molecule has 0 unspecified atom stereocenters. The third-order valence-corrected chi connectivity index (χ3v) is 3.10. The second-order valence-corrected chi connectivity index (χ2v) is 5.17. The van der Waals surface area contributed by atoms with E-state index in [1.165, 1.54) is 6.20 Å².